The highest BCUT2D eigenvalue weighted by atomic mass is 79.9. The summed E-state index contributed by atoms with van der Waals surface area (Å²) < 4.78 is 6.32. The predicted molar refractivity (Wildman–Crippen MR) is 70.8 cm³/mol. The van der Waals surface area contributed by atoms with E-state index in [1.807, 2.05) is 18.2 Å². The van der Waals surface area contributed by atoms with Crippen LogP contribution in [0.2, 0.25) is 0 Å². The lowest BCUT2D eigenvalue weighted by molar-refractivity contribution is 0.131. The molecule has 0 bridgehead atoms. The molecule has 0 unspecified atom stereocenters. The molecule has 0 spiro atoms. The van der Waals surface area contributed by atoms with Gasteiger partial charge in [-0.3, -0.25) is 0 Å². The second kappa shape index (κ2) is 8.53. The molecular formula is C12H19BrN2O. The molecule has 0 amide bonds. The molecule has 0 aliphatic carbocycles. The van der Waals surface area contributed by atoms with Gasteiger partial charge in [0.1, 0.15) is 10.4 Å². The van der Waals surface area contributed by atoms with E-state index in [0.29, 0.717) is 0 Å². The third-order valence-corrected chi connectivity index (χ3v) is 2.57. The molecule has 0 fully saturated rings. The number of pyridine rings is 1. The first-order chi connectivity index (χ1) is 7.83. The van der Waals surface area contributed by atoms with Crippen molar-refractivity contribution in [2.24, 2.45) is 0 Å². The SMILES string of the molecule is CCCCOCCCNc1cccc(Br)n1. The molecule has 1 aromatic heterocycles. The van der Waals surface area contributed by atoms with E-state index >= 15 is 0 Å². The largest absolute Gasteiger partial charge is 0.381 e. The summed E-state index contributed by atoms with van der Waals surface area (Å²) in [5, 5.41) is 3.26. The number of nitrogens with zero attached hydrogens (tertiary/aromatic N) is 1. The lowest BCUT2D eigenvalue weighted by Gasteiger charge is -2.06. The average Bonchev–Trinajstić information content (AvgIpc) is 2.28. The van der Waals surface area contributed by atoms with Gasteiger partial charge in [-0.1, -0.05) is 19.4 Å². The fourth-order valence-corrected chi connectivity index (χ4v) is 1.59. The van der Waals surface area contributed by atoms with Crippen LogP contribution in [-0.4, -0.2) is 24.7 Å². The molecule has 0 aliphatic rings. The monoisotopic (exact) mass is 286 g/mol. The van der Waals surface area contributed by atoms with Gasteiger partial charge in [0, 0.05) is 19.8 Å². The summed E-state index contributed by atoms with van der Waals surface area (Å²) in [6.07, 6.45) is 3.36. The highest BCUT2D eigenvalue weighted by molar-refractivity contribution is 9.10. The number of unbranched alkanes of at least 4 members (excludes halogenated alkanes) is 1. The molecular weight excluding hydrogens is 268 g/mol. The summed E-state index contributed by atoms with van der Waals surface area (Å²) in [4.78, 5) is 4.29. The minimum Gasteiger partial charge on any atom is -0.381 e. The molecule has 0 saturated carbocycles. The zero-order valence-electron chi connectivity index (χ0n) is 9.71. The first-order valence-corrected chi connectivity index (χ1v) is 6.56. The maximum atomic E-state index is 5.47. The van der Waals surface area contributed by atoms with E-state index < -0.39 is 0 Å². The van der Waals surface area contributed by atoms with Crippen LogP contribution in [0, 0.1) is 0 Å². The quantitative estimate of drug-likeness (QED) is 0.587. The topological polar surface area (TPSA) is 34.1 Å². The van der Waals surface area contributed by atoms with Gasteiger partial charge in [0.05, 0.1) is 0 Å². The number of hydrogen-bond acceptors (Lipinski definition) is 3. The Bertz CT molecular complexity index is 294. The zero-order chi connectivity index (χ0) is 11.6. The second-order valence-electron chi connectivity index (χ2n) is 3.59. The van der Waals surface area contributed by atoms with Crippen molar-refractivity contribution in [2.75, 3.05) is 25.1 Å². The van der Waals surface area contributed by atoms with Crippen molar-refractivity contribution in [3.8, 4) is 0 Å². The van der Waals surface area contributed by atoms with Crippen LogP contribution >= 0.6 is 15.9 Å². The van der Waals surface area contributed by atoms with Gasteiger partial charge in [-0.05, 0) is 40.9 Å². The molecule has 0 saturated heterocycles. The minimum atomic E-state index is 0.820. The summed E-state index contributed by atoms with van der Waals surface area (Å²) in [7, 11) is 0. The number of hydrogen-bond donors (Lipinski definition) is 1. The van der Waals surface area contributed by atoms with Crippen LogP contribution in [-0.2, 0) is 4.74 Å². The third-order valence-electron chi connectivity index (χ3n) is 2.13. The Morgan fingerprint density at radius 2 is 2.12 bits per heavy atom. The van der Waals surface area contributed by atoms with Crippen molar-refractivity contribution >= 4 is 21.7 Å². The van der Waals surface area contributed by atoms with Crippen molar-refractivity contribution in [3.63, 3.8) is 0 Å². The minimum absolute atomic E-state index is 0.820. The molecule has 4 heteroatoms. The number of ether oxygens (including phenoxy) is 1. The number of anilines is 1. The molecule has 1 heterocycles. The second-order valence-corrected chi connectivity index (χ2v) is 4.40. The van der Waals surface area contributed by atoms with Crippen LogP contribution < -0.4 is 5.32 Å². The Balaban J connectivity index is 2.03. The van der Waals surface area contributed by atoms with E-state index in [4.69, 9.17) is 4.74 Å². The van der Waals surface area contributed by atoms with Gasteiger partial charge in [-0.2, -0.15) is 0 Å². The highest BCUT2D eigenvalue weighted by Crippen LogP contribution is 2.09. The first-order valence-electron chi connectivity index (χ1n) is 5.77. The lowest BCUT2D eigenvalue weighted by atomic mass is 10.3. The number of aromatic nitrogens is 1. The van der Waals surface area contributed by atoms with E-state index in [-0.39, 0.29) is 0 Å². The predicted octanol–water partition coefficient (Wildman–Crippen LogP) is 3.46. The molecule has 0 atom stereocenters. The normalized spacial score (nSPS) is 10.4. The molecule has 1 rings (SSSR count). The van der Waals surface area contributed by atoms with Crippen molar-refractivity contribution in [1.29, 1.82) is 0 Å². The van der Waals surface area contributed by atoms with Gasteiger partial charge in [-0.25, -0.2) is 4.98 Å². The van der Waals surface area contributed by atoms with Gasteiger partial charge in [-0.15, -0.1) is 0 Å². The Morgan fingerprint density at radius 1 is 1.31 bits per heavy atom. The smallest absolute Gasteiger partial charge is 0.127 e. The summed E-state index contributed by atoms with van der Waals surface area (Å²) >= 11 is 3.34. The van der Waals surface area contributed by atoms with Crippen LogP contribution in [0.15, 0.2) is 22.8 Å². The van der Waals surface area contributed by atoms with Gasteiger partial charge in [0.25, 0.3) is 0 Å². The summed E-state index contributed by atoms with van der Waals surface area (Å²) in [6, 6.07) is 5.85. The van der Waals surface area contributed by atoms with Gasteiger partial charge >= 0.3 is 0 Å². The Morgan fingerprint density at radius 3 is 2.88 bits per heavy atom. The van der Waals surface area contributed by atoms with E-state index in [1.54, 1.807) is 0 Å². The fraction of sp³-hybridized carbons (Fsp3) is 0.583. The molecule has 16 heavy (non-hydrogen) atoms. The van der Waals surface area contributed by atoms with Crippen LogP contribution in [0.5, 0.6) is 0 Å². The number of nitrogens with one attached hydrogen (secondary N) is 1. The summed E-state index contributed by atoms with van der Waals surface area (Å²) in [6.45, 7) is 4.77. The Hall–Kier alpha value is -0.610. The van der Waals surface area contributed by atoms with Crippen LogP contribution in [0.4, 0.5) is 5.82 Å². The average molecular weight is 287 g/mol. The van der Waals surface area contributed by atoms with Gasteiger partial charge in [0.2, 0.25) is 0 Å². The third kappa shape index (κ3) is 6.08. The highest BCUT2D eigenvalue weighted by Gasteiger charge is 1.94. The Kier molecular flexibility index (Phi) is 7.17. The van der Waals surface area contributed by atoms with Crippen LogP contribution in [0.1, 0.15) is 26.2 Å². The van der Waals surface area contributed by atoms with E-state index in [0.717, 1.165) is 43.0 Å². The van der Waals surface area contributed by atoms with E-state index in [1.165, 1.54) is 6.42 Å². The standard InChI is InChI=1S/C12H19BrN2O/c1-2-3-9-16-10-5-8-14-12-7-4-6-11(13)15-12/h4,6-7H,2-3,5,8-10H2,1H3,(H,14,15). The van der Waals surface area contributed by atoms with Gasteiger partial charge in [0.15, 0.2) is 0 Å². The molecule has 0 radical (unpaired) electrons. The number of rotatable bonds is 8. The molecule has 1 N–H and O–H groups in total. The molecule has 90 valence electrons. The molecule has 1 aromatic rings. The zero-order valence-corrected chi connectivity index (χ0v) is 11.3. The van der Waals surface area contributed by atoms with E-state index in [2.05, 4.69) is 33.2 Å². The molecule has 3 nitrogen and oxygen atoms in total. The van der Waals surface area contributed by atoms with Crippen LogP contribution in [0.25, 0.3) is 0 Å². The van der Waals surface area contributed by atoms with Crippen molar-refractivity contribution in [1.82, 2.24) is 4.98 Å². The maximum absolute atomic E-state index is 5.47. The molecule has 0 aromatic carbocycles. The lowest BCUT2D eigenvalue weighted by Crippen LogP contribution is -2.07. The fourth-order valence-electron chi connectivity index (χ4n) is 1.25. The van der Waals surface area contributed by atoms with E-state index in [9.17, 15) is 0 Å². The molecule has 0 aliphatic heterocycles. The van der Waals surface area contributed by atoms with Crippen molar-refractivity contribution in [2.45, 2.75) is 26.2 Å². The summed E-state index contributed by atoms with van der Waals surface area (Å²) in [5.74, 6) is 0.905. The summed E-state index contributed by atoms with van der Waals surface area (Å²) in [5.41, 5.74) is 0. The van der Waals surface area contributed by atoms with Crippen molar-refractivity contribution in [3.05, 3.63) is 22.8 Å². The first kappa shape index (κ1) is 13.5. The Labute approximate surface area is 106 Å². The van der Waals surface area contributed by atoms with Crippen molar-refractivity contribution < 1.29 is 4.74 Å². The number of halogens is 1. The maximum Gasteiger partial charge on any atom is 0.127 e. The van der Waals surface area contributed by atoms with Gasteiger partial charge < -0.3 is 10.1 Å². The van der Waals surface area contributed by atoms with Crippen LogP contribution in [0.3, 0.4) is 0 Å².